The van der Waals surface area contributed by atoms with Gasteiger partial charge in [-0.2, -0.15) is 10.2 Å². The molecule has 0 radical (unpaired) electrons. The van der Waals surface area contributed by atoms with Gasteiger partial charge in [-0.3, -0.25) is 4.79 Å². The van der Waals surface area contributed by atoms with Gasteiger partial charge in [0, 0.05) is 17.3 Å². The van der Waals surface area contributed by atoms with Crippen LogP contribution in [0.1, 0.15) is 27.2 Å². The van der Waals surface area contributed by atoms with Crippen LogP contribution in [0.4, 0.5) is 0 Å². The highest BCUT2D eigenvalue weighted by molar-refractivity contribution is 6.13. The molecular formula is C23H19N5O. The Morgan fingerprint density at radius 3 is 2.10 bits per heavy atom. The van der Waals surface area contributed by atoms with E-state index in [4.69, 9.17) is 0 Å². The van der Waals surface area contributed by atoms with Crippen molar-refractivity contribution in [3.63, 3.8) is 0 Å². The first-order valence-corrected chi connectivity index (χ1v) is 9.19. The standard InChI is InChI=1S/C23H19N5O/c1-17-20(16-25-28(17)21-14-8-9-15-24-21)23(29)27-26-22(18-10-4-2-5-11-18)19-12-6-3-7-13-19/h2-16H,1H3,(H,27,29). The number of nitrogens with zero attached hydrogens (tertiary/aromatic N) is 4. The third kappa shape index (κ3) is 3.96. The minimum atomic E-state index is -0.325. The van der Waals surface area contributed by atoms with Gasteiger partial charge in [0.15, 0.2) is 5.82 Å². The molecule has 0 bridgehead atoms. The average molecular weight is 381 g/mol. The number of hydrazone groups is 1. The molecule has 4 aromatic rings. The summed E-state index contributed by atoms with van der Waals surface area (Å²) in [5.41, 5.74) is 6.34. The lowest BCUT2D eigenvalue weighted by Crippen LogP contribution is -2.21. The summed E-state index contributed by atoms with van der Waals surface area (Å²) in [4.78, 5) is 17.1. The first-order valence-electron chi connectivity index (χ1n) is 9.19. The topological polar surface area (TPSA) is 72.2 Å². The second-order valence-corrected chi connectivity index (χ2v) is 6.38. The van der Waals surface area contributed by atoms with E-state index in [2.05, 4.69) is 20.6 Å². The Bertz CT molecular complexity index is 1090. The predicted molar refractivity (Wildman–Crippen MR) is 112 cm³/mol. The number of hydrogen-bond donors (Lipinski definition) is 1. The second kappa shape index (κ2) is 8.31. The zero-order valence-corrected chi connectivity index (χ0v) is 15.9. The number of hydrogen-bond acceptors (Lipinski definition) is 4. The van der Waals surface area contributed by atoms with Crippen LogP contribution in [-0.4, -0.2) is 26.4 Å². The van der Waals surface area contributed by atoms with Gasteiger partial charge in [0.05, 0.1) is 23.2 Å². The minimum Gasteiger partial charge on any atom is -0.267 e. The van der Waals surface area contributed by atoms with E-state index in [1.807, 2.05) is 85.8 Å². The Hall–Kier alpha value is -4.06. The molecule has 142 valence electrons. The Balaban J connectivity index is 1.63. The summed E-state index contributed by atoms with van der Waals surface area (Å²) in [6.07, 6.45) is 3.21. The predicted octanol–water partition coefficient (Wildman–Crippen LogP) is 3.76. The number of benzene rings is 2. The molecule has 0 aliphatic rings. The average Bonchev–Trinajstić information content (AvgIpc) is 3.17. The van der Waals surface area contributed by atoms with Gasteiger partial charge >= 0.3 is 0 Å². The van der Waals surface area contributed by atoms with Crippen LogP contribution in [0.3, 0.4) is 0 Å². The fourth-order valence-corrected chi connectivity index (χ4v) is 3.00. The van der Waals surface area contributed by atoms with Gasteiger partial charge in [-0.25, -0.2) is 15.1 Å². The van der Waals surface area contributed by atoms with E-state index >= 15 is 0 Å². The van der Waals surface area contributed by atoms with Crippen molar-refractivity contribution in [3.8, 4) is 5.82 Å². The van der Waals surface area contributed by atoms with E-state index in [1.54, 1.807) is 10.9 Å². The number of amides is 1. The second-order valence-electron chi connectivity index (χ2n) is 6.38. The summed E-state index contributed by atoms with van der Waals surface area (Å²) in [7, 11) is 0. The van der Waals surface area contributed by atoms with Gasteiger partial charge in [0.1, 0.15) is 0 Å². The van der Waals surface area contributed by atoms with Gasteiger partial charge < -0.3 is 0 Å². The summed E-state index contributed by atoms with van der Waals surface area (Å²) in [6, 6.07) is 25.0. The van der Waals surface area contributed by atoms with Crippen molar-refractivity contribution in [2.24, 2.45) is 5.10 Å². The van der Waals surface area contributed by atoms with E-state index in [0.717, 1.165) is 11.1 Å². The van der Waals surface area contributed by atoms with E-state index < -0.39 is 0 Å². The third-order valence-electron chi connectivity index (χ3n) is 4.48. The largest absolute Gasteiger partial charge is 0.274 e. The van der Waals surface area contributed by atoms with E-state index in [9.17, 15) is 4.79 Å². The summed E-state index contributed by atoms with van der Waals surface area (Å²) in [6.45, 7) is 1.83. The molecule has 0 saturated heterocycles. The van der Waals surface area contributed by atoms with Crippen molar-refractivity contribution in [1.82, 2.24) is 20.2 Å². The highest BCUT2D eigenvalue weighted by Gasteiger charge is 2.16. The van der Waals surface area contributed by atoms with E-state index in [1.165, 1.54) is 6.20 Å². The number of aromatic nitrogens is 3. The van der Waals surface area contributed by atoms with Crippen LogP contribution in [0, 0.1) is 6.92 Å². The van der Waals surface area contributed by atoms with Crippen LogP contribution in [0.15, 0.2) is 96.4 Å². The molecular weight excluding hydrogens is 362 g/mol. The molecule has 0 saturated carbocycles. The Kier molecular flexibility index (Phi) is 5.25. The molecule has 2 aromatic heterocycles. The number of pyridine rings is 1. The molecule has 0 unspecified atom stereocenters. The quantitative estimate of drug-likeness (QED) is 0.423. The van der Waals surface area contributed by atoms with E-state index in [-0.39, 0.29) is 5.91 Å². The SMILES string of the molecule is Cc1c(C(=O)NN=C(c2ccccc2)c2ccccc2)cnn1-c1ccccn1. The van der Waals surface area contributed by atoms with Gasteiger partial charge in [-0.15, -0.1) is 0 Å². The van der Waals surface area contributed by atoms with Gasteiger partial charge in [-0.05, 0) is 19.1 Å². The summed E-state index contributed by atoms with van der Waals surface area (Å²) in [5, 5.41) is 8.72. The molecule has 6 heteroatoms. The summed E-state index contributed by atoms with van der Waals surface area (Å²) >= 11 is 0. The van der Waals surface area contributed by atoms with Gasteiger partial charge in [0.2, 0.25) is 0 Å². The monoisotopic (exact) mass is 381 g/mol. The molecule has 0 aliphatic carbocycles. The number of carbonyl (C=O) groups excluding carboxylic acids is 1. The highest BCUT2D eigenvalue weighted by atomic mass is 16.2. The maximum Gasteiger partial charge on any atom is 0.274 e. The maximum atomic E-state index is 12.8. The number of carbonyl (C=O) groups is 1. The smallest absolute Gasteiger partial charge is 0.267 e. The van der Waals surface area contributed by atoms with Gasteiger partial charge in [0.25, 0.3) is 5.91 Å². The zero-order valence-electron chi connectivity index (χ0n) is 15.9. The Labute approximate surface area is 168 Å². The molecule has 4 rings (SSSR count). The first-order chi connectivity index (χ1) is 14.2. The van der Waals surface area contributed by atoms with Crippen molar-refractivity contribution in [2.75, 3.05) is 0 Å². The lowest BCUT2D eigenvalue weighted by Gasteiger charge is -2.08. The highest BCUT2D eigenvalue weighted by Crippen LogP contribution is 2.13. The molecule has 2 heterocycles. The molecule has 0 atom stereocenters. The molecule has 1 amide bonds. The zero-order chi connectivity index (χ0) is 20.1. The molecule has 2 aromatic carbocycles. The number of nitrogens with one attached hydrogen (secondary N) is 1. The van der Waals surface area contributed by atoms with Crippen LogP contribution in [-0.2, 0) is 0 Å². The molecule has 6 nitrogen and oxygen atoms in total. The molecule has 1 N–H and O–H groups in total. The van der Waals surface area contributed by atoms with Crippen molar-refractivity contribution in [3.05, 3.63) is 114 Å². The van der Waals surface area contributed by atoms with E-state index in [0.29, 0.717) is 22.8 Å². The third-order valence-corrected chi connectivity index (χ3v) is 4.48. The van der Waals surface area contributed by atoms with Crippen LogP contribution < -0.4 is 5.43 Å². The molecule has 0 spiro atoms. The molecule has 29 heavy (non-hydrogen) atoms. The maximum absolute atomic E-state index is 12.8. The summed E-state index contributed by atoms with van der Waals surface area (Å²) in [5.74, 6) is 0.329. The fraction of sp³-hybridized carbons (Fsp3) is 0.0435. The van der Waals surface area contributed by atoms with Crippen molar-refractivity contribution < 1.29 is 4.79 Å². The Morgan fingerprint density at radius 2 is 1.52 bits per heavy atom. The lowest BCUT2D eigenvalue weighted by molar-refractivity contribution is 0.0954. The lowest BCUT2D eigenvalue weighted by atomic mass is 10.0. The Morgan fingerprint density at radius 1 is 0.897 bits per heavy atom. The number of rotatable bonds is 5. The van der Waals surface area contributed by atoms with Crippen LogP contribution in [0.2, 0.25) is 0 Å². The normalized spacial score (nSPS) is 10.4. The van der Waals surface area contributed by atoms with Crippen molar-refractivity contribution >= 4 is 11.6 Å². The fourth-order valence-electron chi connectivity index (χ4n) is 3.00. The van der Waals surface area contributed by atoms with Crippen LogP contribution in [0.5, 0.6) is 0 Å². The van der Waals surface area contributed by atoms with Crippen molar-refractivity contribution in [2.45, 2.75) is 6.92 Å². The van der Waals surface area contributed by atoms with Crippen LogP contribution >= 0.6 is 0 Å². The van der Waals surface area contributed by atoms with Crippen molar-refractivity contribution in [1.29, 1.82) is 0 Å². The molecule has 0 fully saturated rings. The minimum absolute atomic E-state index is 0.325. The van der Waals surface area contributed by atoms with Crippen LogP contribution in [0.25, 0.3) is 5.82 Å². The molecule has 0 aliphatic heterocycles. The summed E-state index contributed by atoms with van der Waals surface area (Å²) < 4.78 is 1.63. The first kappa shape index (κ1) is 18.3. The van der Waals surface area contributed by atoms with Gasteiger partial charge in [-0.1, -0.05) is 66.7 Å².